The Morgan fingerprint density at radius 3 is 2.61 bits per heavy atom. The van der Waals surface area contributed by atoms with Gasteiger partial charge >= 0.3 is 5.97 Å². The number of hydrogen-bond acceptors (Lipinski definition) is 6. The highest BCUT2D eigenvalue weighted by atomic mass is 35.5. The van der Waals surface area contributed by atoms with Crippen molar-refractivity contribution in [1.82, 2.24) is 5.32 Å². The highest BCUT2D eigenvalue weighted by Gasteiger charge is 2.43. The van der Waals surface area contributed by atoms with Gasteiger partial charge in [-0.2, -0.15) is 0 Å². The SMILES string of the molecule is COC(=O)C1=C(C)NC2=C(C(=O)CC(C)(C)C2)C1c1cc(CSc2ccc(Cl)cc2)c(C)s1. The first-order valence-corrected chi connectivity index (χ1v) is 13.1. The number of benzene rings is 1. The molecule has 2 aromatic rings. The van der Waals surface area contributed by atoms with Crippen LogP contribution in [0.25, 0.3) is 0 Å². The summed E-state index contributed by atoms with van der Waals surface area (Å²) in [6, 6.07) is 9.98. The number of ketones is 1. The zero-order valence-corrected chi connectivity index (χ0v) is 21.9. The van der Waals surface area contributed by atoms with Crippen LogP contribution in [-0.4, -0.2) is 18.9 Å². The number of ether oxygens (including phenoxy) is 1. The standard InChI is InChI=1S/C26H28ClNO3S2/c1-14-22(25(30)31-5)24(23-19(28-14)11-26(3,4)12-20(23)29)21-10-16(15(2)33-21)13-32-18-8-6-17(27)7-9-18/h6-10,24,28H,11-13H2,1-5H3. The number of methoxy groups -OCH3 is 1. The van der Waals surface area contributed by atoms with Crippen LogP contribution in [0.3, 0.4) is 0 Å². The van der Waals surface area contributed by atoms with Crippen molar-refractivity contribution < 1.29 is 14.3 Å². The van der Waals surface area contributed by atoms with E-state index < -0.39 is 11.9 Å². The number of rotatable bonds is 5. The van der Waals surface area contributed by atoms with Gasteiger partial charge in [-0.25, -0.2) is 4.79 Å². The fourth-order valence-corrected chi connectivity index (χ4v) is 6.96. The molecule has 0 bridgehead atoms. The van der Waals surface area contributed by atoms with Gasteiger partial charge in [0, 0.05) is 48.8 Å². The van der Waals surface area contributed by atoms with Crippen LogP contribution in [-0.2, 0) is 20.1 Å². The number of halogens is 1. The lowest BCUT2D eigenvalue weighted by Gasteiger charge is -2.39. The third-order valence-electron chi connectivity index (χ3n) is 6.18. The first-order valence-electron chi connectivity index (χ1n) is 10.9. The molecule has 1 aliphatic carbocycles. The number of esters is 1. The van der Waals surface area contributed by atoms with E-state index in [2.05, 4.69) is 32.2 Å². The largest absolute Gasteiger partial charge is 0.466 e. The highest BCUT2D eigenvalue weighted by molar-refractivity contribution is 7.98. The lowest BCUT2D eigenvalue weighted by Crippen LogP contribution is -2.38. The Balaban J connectivity index is 1.72. The van der Waals surface area contributed by atoms with Gasteiger partial charge < -0.3 is 10.1 Å². The predicted octanol–water partition coefficient (Wildman–Crippen LogP) is 6.78. The van der Waals surface area contributed by atoms with Crippen molar-refractivity contribution >= 4 is 46.5 Å². The first-order chi connectivity index (χ1) is 15.6. The van der Waals surface area contributed by atoms with Crippen LogP contribution in [0.15, 0.2) is 57.8 Å². The van der Waals surface area contributed by atoms with Crippen molar-refractivity contribution in [3.8, 4) is 0 Å². The van der Waals surface area contributed by atoms with Crippen molar-refractivity contribution in [2.75, 3.05) is 7.11 Å². The van der Waals surface area contributed by atoms with E-state index in [1.165, 1.54) is 17.6 Å². The number of allylic oxidation sites excluding steroid dienone is 3. The molecule has 7 heteroatoms. The van der Waals surface area contributed by atoms with E-state index in [0.29, 0.717) is 12.0 Å². The van der Waals surface area contributed by atoms with Gasteiger partial charge in [0.2, 0.25) is 0 Å². The Bertz CT molecular complexity index is 1170. The Morgan fingerprint density at radius 2 is 1.94 bits per heavy atom. The van der Waals surface area contributed by atoms with Crippen molar-refractivity contribution in [2.45, 2.75) is 57.1 Å². The van der Waals surface area contributed by atoms with Crippen molar-refractivity contribution in [3.05, 3.63) is 73.2 Å². The molecule has 4 rings (SSSR count). The Morgan fingerprint density at radius 1 is 1.24 bits per heavy atom. The summed E-state index contributed by atoms with van der Waals surface area (Å²) in [5.74, 6) is 0.126. The Hall–Kier alpha value is -2.02. The van der Waals surface area contributed by atoms with E-state index in [-0.39, 0.29) is 11.2 Å². The molecule has 0 spiro atoms. The molecule has 1 aromatic carbocycles. The number of aryl methyl sites for hydroxylation is 1. The van der Waals surface area contributed by atoms with Gasteiger partial charge in [-0.15, -0.1) is 23.1 Å². The molecule has 4 nitrogen and oxygen atoms in total. The smallest absolute Gasteiger partial charge is 0.336 e. The number of dihydropyridines is 1. The number of carbonyl (C=O) groups is 2. The molecule has 1 atom stereocenters. The third-order valence-corrected chi connectivity index (χ3v) is 8.65. The number of nitrogens with one attached hydrogen (secondary N) is 1. The van der Waals surface area contributed by atoms with Crippen molar-refractivity contribution in [3.63, 3.8) is 0 Å². The molecule has 1 N–H and O–H groups in total. The maximum absolute atomic E-state index is 13.3. The molecule has 1 aromatic heterocycles. The molecule has 0 saturated carbocycles. The van der Waals surface area contributed by atoms with E-state index in [9.17, 15) is 9.59 Å². The van der Waals surface area contributed by atoms with Gasteiger partial charge in [-0.1, -0.05) is 25.4 Å². The molecule has 0 saturated heterocycles. The summed E-state index contributed by atoms with van der Waals surface area (Å²) < 4.78 is 5.14. The number of Topliss-reactive ketones (excluding diaryl/α,β-unsaturated/α-hetero) is 1. The molecule has 1 unspecified atom stereocenters. The van der Waals surface area contributed by atoms with Crippen molar-refractivity contribution in [1.29, 1.82) is 0 Å². The van der Waals surface area contributed by atoms with Crippen LogP contribution in [0.2, 0.25) is 5.02 Å². The molecule has 2 aliphatic rings. The fraction of sp³-hybridized carbons (Fsp3) is 0.385. The summed E-state index contributed by atoms with van der Waals surface area (Å²) >= 11 is 9.41. The summed E-state index contributed by atoms with van der Waals surface area (Å²) in [5.41, 5.74) is 4.05. The van der Waals surface area contributed by atoms with Gasteiger partial charge in [0.05, 0.1) is 18.6 Å². The number of thiophene rings is 1. The molecular formula is C26H28ClNO3S2. The molecule has 174 valence electrons. The van der Waals surface area contributed by atoms with Crippen LogP contribution >= 0.6 is 34.7 Å². The Kier molecular flexibility index (Phi) is 6.81. The molecule has 0 amide bonds. The van der Waals surface area contributed by atoms with Gasteiger partial charge in [0.15, 0.2) is 5.78 Å². The van der Waals surface area contributed by atoms with E-state index in [0.717, 1.165) is 43.9 Å². The van der Waals surface area contributed by atoms with Crippen LogP contribution in [0.4, 0.5) is 0 Å². The zero-order chi connectivity index (χ0) is 23.9. The molecular weight excluding hydrogens is 474 g/mol. The molecule has 2 heterocycles. The number of carbonyl (C=O) groups excluding carboxylic acids is 2. The average Bonchev–Trinajstić information content (AvgIpc) is 3.11. The summed E-state index contributed by atoms with van der Waals surface area (Å²) in [4.78, 5) is 29.5. The molecule has 0 fully saturated rings. The topological polar surface area (TPSA) is 55.4 Å². The van der Waals surface area contributed by atoms with Gasteiger partial charge in [0.25, 0.3) is 0 Å². The van der Waals surface area contributed by atoms with Gasteiger partial charge in [-0.3, -0.25) is 4.79 Å². The minimum Gasteiger partial charge on any atom is -0.466 e. The van der Waals surface area contributed by atoms with Gasteiger partial charge in [0.1, 0.15) is 0 Å². The summed E-state index contributed by atoms with van der Waals surface area (Å²) in [5, 5.41) is 4.09. The molecule has 1 aliphatic heterocycles. The van der Waals surface area contributed by atoms with Crippen LogP contribution in [0.1, 0.15) is 54.8 Å². The maximum atomic E-state index is 13.3. The number of hydrogen-bond donors (Lipinski definition) is 1. The normalized spacial score (nSPS) is 19.9. The summed E-state index contributed by atoms with van der Waals surface area (Å²) in [6.45, 7) is 8.22. The second-order valence-corrected chi connectivity index (χ2v) is 12.2. The van der Waals surface area contributed by atoms with Crippen LogP contribution < -0.4 is 5.32 Å². The zero-order valence-electron chi connectivity index (χ0n) is 19.5. The van der Waals surface area contributed by atoms with Crippen LogP contribution in [0.5, 0.6) is 0 Å². The van der Waals surface area contributed by atoms with E-state index in [1.54, 1.807) is 23.1 Å². The maximum Gasteiger partial charge on any atom is 0.336 e. The second-order valence-electron chi connectivity index (χ2n) is 9.39. The average molecular weight is 502 g/mol. The highest BCUT2D eigenvalue weighted by Crippen LogP contribution is 2.48. The van der Waals surface area contributed by atoms with Crippen LogP contribution in [0, 0.1) is 12.3 Å². The molecule has 0 radical (unpaired) electrons. The minimum atomic E-state index is -0.393. The van der Waals surface area contributed by atoms with E-state index in [1.807, 2.05) is 31.2 Å². The minimum absolute atomic E-state index is 0.107. The Labute approximate surface area is 208 Å². The summed E-state index contributed by atoms with van der Waals surface area (Å²) in [7, 11) is 1.39. The number of thioether (sulfide) groups is 1. The fourth-order valence-electron chi connectivity index (χ4n) is 4.62. The van der Waals surface area contributed by atoms with E-state index in [4.69, 9.17) is 16.3 Å². The first kappa shape index (κ1) is 24.1. The third kappa shape index (κ3) is 4.93. The second kappa shape index (κ2) is 9.32. The quantitative estimate of drug-likeness (QED) is 0.361. The van der Waals surface area contributed by atoms with Gasteiger partial charge in [-0.05, 0) is 61.6 Å². The van der Waals surface area contributed by atoms with E-state index >= 15 is 0 Å². The lowest BCUT2D eigenvalue weighted by molar-refractivity contribution is -0.136. The van der Waals surface area contributed by atoms with Crippen molar-refractivity contribution in [2.24, 2.45) is 5.41 Å². The monoisotopic (exact) mass is 501 g/mol. The predicted molar refractivity (Wildman–Crippen MR) is 136 cm³/mol. The molecule has 33 heavy (non-hydrogen) atoms. The summed E-state index contributed by atoms with van der Waals surface area (Å²) in [6.07, 6.45) is 1.25. The lowest BCUT2D eigenvalue weighted by atomic mass is 9.70.